The molecule has 0 aromatic heterocycles. The van der Waals surface area contributed by atoms with Gasteiger partial charge in [-0.1, -0.05) is 0 Å². The Bertz CT molecular complexity index is 502. The molecule has 20 heavy (non-hydrogen) atoms. The average molecular weight is 308 g/mol. The number of hydrogen-bond acceptors (Lipinski definition) is 7. The molecule has 0 aromatic carbocycles. The van der Waals surface area contributed by atoms with Gasteiger partial charge in [-0.25, -0.2) is 13.2 Å². The van der Waals surface area contributed by atoms with Crippen LogP contribution < -0.4 is 5.32 Å². The van der Waals surface area contributed by atoms with Crippen molar-refractivity contribution in [3.63, 3.8) is 0 Å². The number of carbonyl (C=O) groups is 3. The number of alkyl carbamates (subject to hydrolysis) is 1. The van der Waals surface area contributed by atoms with Gasteiger partial charge in [0, 0.05) is 6.04 Å². The summed E-state index contributed by atoms with van der Waals surface area (Å²) in [7, 11) is -2.11. The van der Waals surface area contributed by atoms with E-state index in [0.29, 0.717) is 0 Å². The van der Waals surface area contributed by atoms with Gasteiger partial charge in [0.25, 0.3) is 0 Å². The van der Waals surface area contributed by atoms with E-state index in [4.69, 9.17) is 5.11 Å². The van der Waals surface area contributed by atoms with Crippen molar-refractivity contribution in [2.75, 3.05) is 31.7 Å². The van der Waals surface area contributed by atoms with E-state index >= 15 is 0 Å². The van der Waals surface area contributed by atoms with Gasteiger partial charge in [-0.15, -0.1) is 0 Å². The molecule has 1 aliphatic heterocycles. The maximum atomic E-state index is 11.5. The Hall–Kier alpha value is -1.68. The van der Waals surface area contributed by atoms with E-state index in [1.54, 1.807) is 0 Å². The van der Waals surface area contributed by atoms with E-state index in [1.165, 1.54) is 4.90 Å². The second kappa shape index (κ2) is 6.66. The third-order valence-corrected chi connectivity index (χ3v) is 4.59. The zero-order valence-corrected chi connectivity index (χ0v) is 11.7. The van der Waals surface area contributed by atoms with Crippen LogP contribution >= 0.6 is 0 Å². The van der Waals surface area contributed by atoms with Crippen molar-refractivity contribution in [2.24, 2.45) is 0 Å². The largest absolute Gasteiger partial charge is 0.480 e. The van der Waals surface area contributed by atoms with Crippen LogP contribution in [0.4, 0.5) is 4.79 Å². The number of aliphatic carboxylic acids is 1. The predicted molar refractivity (Wildman–Crippen MR) is 66.8 cm³/mol. The van der Waals surface area contributed by atoms with Crippen LogP contribution in [0.1, 0.15) is 6.42 Å². The van der Waals surface area contributed by atoms with Crippen LogP contribution in [-0.2, 0) is 24.2 Å². The number of sulfone groups is 1. The molecule has 1 rings (SSSR count). The van der Waals surface area contributed by atoms with E-state index in [9.17, 15) is 22.8 Å². The van der Waals surface area contributed by atoms with Crippen molar-refractivity contribution in [3.05, 3.63) is 0 Å². The highest BCUT2D eigenvalue weighted by Gasteiger charge is 2.34. The number of methoxy groups -OCH3 is 1. The van der Waals surface area contributed by atoms with Crippen LogP contribution in [0, 0.1) is 0 Å². The molecule has 2 amide bonds. The van der Waals surface area contributed by atoms with E-state index in [1.807, 2.05) is 5.32 Å². The van der Waals surface area contributed by atoms with Crippen molar-refractivity contribution in [2.45, 2.75) is 12.5 Å². The molecule has 9 nitrogen and oxygen atoms in total. The molecule has 1 unspecified atom stereocenters. The van der Waals surface area contributed by atoms with Gasteiger partial charge in [-0.3, -0.25) is 19.8 Å². The number of rotatable bonds is 5. The Morgan fingerprint density at radius 3 is 2.45 bits per heavy atom. The van der Waals surface area contributed by atoms with E-state index in [2.05, 4.69) is 4.74 Å². The number of imide groups is 1. The van der Waals surface area contributed by atoms with Gasteiger partial charge in [0.1, 0.15) is 0 Å². The summed E-state index contributed by atoms with van der Waals surface area (Å²) >= 11 is 0. The Morgan fingerprint density at radius 2 is 2.00 bits per heavy atom. The SMILES string of the molecule is COC(=O)NC(=O)CN(CC(=O)O)C1CCS(=O)(=O)C1. The second-order valence-corrected chi connectivity index (χ2v) is 6.62. The smallest absolute Gasteiger partial charge is 0.413 e. The number of carbonyl (C=O) groups excluding carboxylic acids is 2. The molecule has 114 valence electrons. The molecular weight excluding hydrogens is 292 g/mol. The predicted octanol–water partition coefficient (Wildman–Crippen LogP) is -1.56. The first-order chi connectivity index (χ1) is 9.23. The van der Waals surface area contributed by atoms with Gasteiger partial charge in [-0.05, 0) is 6.42 Å². The molecule has 1 atom stereocenters. The quantitative estimate of drug-likeness (QED) is 0.624. The molecule has 0 bridgehead atoms. The molecule has 2 N–H and O–H groups in total. The maximum Gasteiger partial charge on any atom is 0.413 e. The lowest BCUT2D eigenvalue weighted by Crippen LogP contribution is -2.47. The number of carboxylic acid groups (broad SMARTS) is 1. The summed E-state index contributed by atoms with van der Waals surface area (Å²) < 4.78 is 27.0. The molecule has 0 radical (unpaired) electrons. The van der Waals surface area contributed by atoms with E-state index < -0.39 is 40.4 Å². The number of nitrogens with one attached hydrogen (secondary N) is 1. The van der Waals surface area contributed by atoms with Gasteiger partial charge in [-0.2, -0.15) is 0 Å². The van der Waals surface area contributed by atoms with Crippen molar-refractivity contribution in [1.29, 1.82) is 0 Å². The molecule has 10 heteroatoms. The molecule has 0 aromatic rings. The first-order valence-electron chi connectivity index (χ1n) is 5.77. The normalized spacial score (nSPS) is 20.6. The number of hydrogen-bond donors (Lipinski definition) is 2. The van der Waals surface area contributed by atoms with Crippen molar-refractivity contribution in [3.8, 4) is 0 Å². The fourth-order valence-electron chi connectivity index (χ4n) is 1.94. The summed E-state index contributed by atoms with van der Waals surface area (Å²) in [6.45, 7) is -0.865. The third-order valence-electron chi connectivity index (χ3n) is 2.84. The van der Waals surface area contributed by atoms with Gasteiger partial charge >= 0.3 is 12.1 Å². The molecule has 0 aliphatic carbocycles. The highest BCUT2D eigenvalue weighted by molar-refractivity contribution is 7.91. The monoisotopic (exact) mass is 308 g/mol. The molecule has 1 saturated heterocycles. The van der Waals surface area contributed by atoms with Crippen molar-refractivity contribution in [1.82, 2.24) is 10.2 Å². The average Bonchev–Trinajstić information content (AvgIpc) is 2.68. The molecule has 1 aliphatic rings. The highest BCUT2D eigenvalue weighted by atomic mass is 32.2. The fraction of sp³-hybridized carbons (Fsp3) is 0.700. The molecule has 1 fully saturated rings. The standard InChI is InChI=1S/C10H16N2O7S/c1-19-10(16)11-8(13)4-12(5-9(14)15)7-2-3-20(17,18)6-7/h7H,2-6H2,1H3,(H,14,15)(H,11,13,16). The van der Waals surface area contributed by atoms with Crippen LogP contribution in [0.25, 0.3) is 0 Å². The van der Waals surface area contributed by atoms with Crippen LogP contribution in [0.5, 0.6) is 0 Å². The van der Waals surface area contributed by atoms with Crippen LogP contribution in [-0.4, -0.2) is 74.1 Å². The van der Waals surface area contributed by atoms with Gasteiger partial charge in [0.05, 0.1) is 31.7 Å². The summed E-state index contributed by atoms with van der Waals surface area (Å²) in [5, 5.41) is 10.7. The molecule has 0 spiro atoms. The number of carboxylic acids is 1. The lowest BCUT2D eigenvalue weighted by atomic mass is 10.2. The number of amides is 2. The Balaban J connectivity index is 2.68. The first kappa shape index (κ1) is 16.4. The molecule has 0 saturated carbocycles. The van der Waals surface area contributed by atoms with Crippen LogP contribution in [0.15, 0.2) is 0 Å². The second-order valence-electron chi connectivity index (χ2n) is 4.40. The first-order valence-corrected chi connectivity index (χ1v) is 7.59. The highest BCUT2D eigenvalue weighted by Crippen LogP contribution is 2.17. The lowest BCUT2D eigenvalue weighted by molar-refractivity contribution is -0.139. The number of nitrogens with zero attached hydrogens (tertiary/aromatic N) is 1. The van der Waals surface area contributed by atoms with Gasteiger partial charge in [0.2, 0.25) is 5.91 Å². The Labute approximate surface area is 115 Å². The summed E-state index contributed by atoms with van der Waals surface area (Å²) in [4.78, 5) is 34.4. The summed E-state index contributed by atoms with van der Waals surface area (Å²) in [6, 6.07) is -0.542. The summed E-state index contributed by atoms with van der Waals surface area (Å²) in [6.07, 6.45) is -0.689. The van der Waals surface area contributed by atoms with E-state index in [0.717, 1.165) is 7.11 Å². The van der Waals surface area contributed by atoms with Gasteiger partial charge in [0.15, 0.2) is 9.84 Å². The Kier molecular flexibility index (Phi) is 5.45. The molecular formula is C10H16N2O7S. The summed E-state index contributed by atoms with van der Waals surface area (Å²) in [5.74, 6) is -2.15. The Morgan fingerprint density at radius 1 is 1.35 bits per heavy atom. The minimum Gasteiger partial charge on any atom is -0.480 e. The summed E-state index contributed by atoms with van der Waals surface area (Å²) in [5.41, 5.74) is 0. The van der Waals surface area contributed by atoms with Gasteiger partial charge < -0.3 is 9.84 Å². The number of ether oxygens (including phenoxy) is 1. The molecule has 1 heterocycles. The van der Waals surface area contributed by atoms with Crippen molar-refractivity contribution < 1.29 is 32.6 Å². The lowest BCUT2D eigenvalue weighted by Gasteiger charge is -2.25. The minimum absolute atomic E-state index is 0.0353. The topological polar surface area (TPSA) is 130 Å². The minimum atomic E-state index is -3.20. The zero-order valence-electron chi connectivity index (χ0n) is 10.9. The van der Waals surface area contributed by atoms with Crippen LogP contribution in [0.3, 0.4) is 0 Å². The van der Waals surface area contributed by atoms with Crippen molar-refractivity contribution >= 4 is 27.8 Å². The zero-order chi connectivity index (χ0) is 15.3. The fourth-order valence-corrected chi connectivity index (χ4v) is 3.70. The van der Waals surface area contributed by atoms with E-state index in [-0.39, 0.29) is 24.5 Å². The maximum absolute atomic E-state index is 11.5. The van der Waals surface area contributed by atoms with Crippen LogP contribution in [0.2, 0.25) is 0 Å². The third kappa shape index (κ3) is 5.13.